The second-order valence-electron chi connectivity index (χ2n) is 7.12. The average Bonchev–Trinajstić information content (AvgIpc) is 3.13. The summed E-state index contributed by atoms with van der Waals surface area (Å²) in [4.78, 5) is 25.0. The number of nitrogens with zero attached hydrogens (tertiary/aromatic N) is 1. The van der Waals surface area contributed by atoms with Crippen LogP contribution in [0.4, 0.5) is 5.82 Å². The summed E-state index contributed by atoms with van der Waals surface area (Å²) in [6.07, 6.45) is 1.60. The van der Waals surface area contributed by atoms with Gasteiger partial charge in [0.15, 0.2) is 0 Å². The molecule has 2 aromatic rings. The third-order valence-electron chi connectivity index (χ3n) is 4.75. The number of ether oxygens (including phenoxy) is 1. The Morgan fingerprint density at radius 2 is 2.20 bits per heavy atom. The van der Waals surface area contributed by atoms with Crippen molar-refractivity contribution in [2.75, 3.05) is 17.7 Å². The van der Waals surface area contributed by atoms with Gasteiger partial charge in [-0.3, -0.25) is 19.4 Å². The predicted molar refractivity (Wildman–Crippen MR) is 101 cm³/mol. The van der Waals surface area contributed by atoms with E-state index in [0.717, 1.165) is 18.4 Å². The number of amides is 1. The minimum Gasteiger partial charge on any atom is -0.375 e. The van der Waals surface area contributed by atoms with Gasteiger partial charge in [-0.15, -0.1) is 11.8 Å². The van der Waals surface area contributed by atoms with E-state index in [0.29, 0.717) is 23.7 Å². The number of carbonyl (C=O) groups excluding carboxylic acids is 1. The highest BCUT2D eigenvalue weighted by atomic mass is 32.2. The number of anilines is 1. The highest BCUT2D eigenvalue weighted by Gasteiger charge is 2.35. The van der Waals surface area contributed by atoms with Gasteiger partial charge in [-0.2, -0.15) is 11.3 Å². The first-order valence-electron chi connectivity index (χ1n) is 8.36. The maximum Gasteiger partial charge on any atom is 0.270 e. The van der Waals surface area contributed by atoms with Gasteiger partial charge in [-0.1, -0.05) is 0 Å². The van der Waals surface area contributed by atoms with Crippen molar-refractivity contribution in [3.63, 3.8) is 0 Å². The molecule has 0 bridgehead atoms. The third-order valence-corrected chi connectivity index (χ3v) is 6.72. The number of aromatic nitrogens is 2. The lowest BCUT2D eigenvalue weighted by atomic mass is 9.94. The van der Waals surface area contributed by atoms with Crippen molar-refractivity contribution in [1.29, 1.82) is 0 Å². The van der Waals surface area contributed by atoms with Gasteiger partial charge in [0.05, 0.1) is 28.2 Å². The summed E-state index contributed by atoms with van der Waals surface area (Å²) in [6.45, 7) is 4.76. The first kappa shape index (κ1) is 16.9. The lowest BCUT2D eigenvalue weighted by Crippen LogP contribution is -2.36. The van der Waals surface area contributed by atoms with Crippen molar-refractivity contribution < 1.29 is 9.53 Å². The Morgan fingerprint density at radius 1 is 1.36 bits per heavy atom. The van der Waals surface area contributed by atoms with Crippen molar-refractivity contribution in [3.8, 4) is 0 Å². The van der Waals surface area contributed by atoms with Gasteiger partial charge >= 0.3 is 0 Å². The molecule has 0 unspecified atom stereocenters. The fraction of sp³-hybridized carbons (Fsp3) is 0.529. The molecule has 0 aromatic carbocycles. The molecule has 0 aliphatic carbocycles. The number of carbonyl (C=O) groups is 1. The fourth-order valence-corrected chi connectivity index (χ4v) is 5.51. The van der Waals surface area contributed by atoms with E-state index in [1.54, 1.807) is 11.3 Å². The van der Waals surface area contributed by atoms with Crippen LogP contribution < -0.4 is 10.9 Å². The minimum atomic E-state index is -0.243. The fourth-order valence-electron chi connectivity index (χ4n) is 3.63. The second kappa shape index (κ2) is 6.34. The maximum absolute atomic E-state index is 12.8. The molecule has 4 rings (SSSR count). The molecular weight excluding hydrogens is 358 g/mol. The van der Waals surface area contributed by atoms with E-state index >= 15 is 0 Å². The van der Waals surface area contributed by atoms with Crippen LogP contribution in [-0.2, 0) is 9.53 Å². The number of nitrogens with one attached hydrogen (secondary N) is 2. The van der Waals surface area contributed by atoms with Gasteiger partial charge in [0, 0.05) is 6.61 Å². The first-order chi connectivity index (χ1) is 11.9. The number of thiophene rings is 1. The quantitative estimate of drug-likeness (QED) is 0.840. The molecule has 0 spiro atoms. The molecule has 0 radical (unpaired) electrons. The Labute approximate surface area is 153 Å². The van der Waals surface area contributed by atoms with Crippen LogP contribution in [-0.4, -0.2) is 33.6 Å². The summed E-state index contributed by atoms with van der Waals surface area (Å²) in [5.41, 5.74) is 1.36. The van der Waals surface area contributed by atoms with Crippen molar-refractivity contribution >= 4 is 34.8 Å². The molecule has 2 N–H and O–H groups in total. The SMILES string of the molecule is CC1(C)C[C@@H](n2[nH]c(=O)c3c2NC(=O)CS[C@@H]3c2ccsc2)CCO1. The summed E-state index contributed by atoms with van der Waals surface area (Å²) in [5, 5.41) is 9.87. The van der Waals surface area contributed by atoms with E-state index in [1.165, 1.54) is 11.8 Å². The van der Waals surface area contributed by atoms with Crippen LogP contribution in [0.5, 0.6) is 0 Å². The van der Waals surface area contributed by atoms with Crippen LogP contribution in [0.25, 0.3) is 0 Å². The lowest BCUT2D eigenvalue weighted by Gasteiger charge is -2.36. The highest BCUT2D eigenvalue weighted by molar-refractivity contribution is 8.00. The largest absolute Gasteiger partial charge is 0.375 e. The van der Waals surface area contributed by atoms with E-state index in [4.69, 9.17) is 4.74 Å². The van der Waals surface area contributed by atoms with E-state index in [1.807, 2.05) is 21.5 Å². The third kappa shape index (κ3) is 3.18. The van der Waals surface area contributed by atoms with Gasteiger partial charge in [-0.05, 0) is 49.1 Å². The van der Waals surface area contributed by atoms with Gasteiger partial charge in [0.1, 0.15) is 5.82 Å². The van der Waals surface area contributed by atoms with E-state index in [2.05, 4.69) is 24.3 Å². The normalized spacial score (nSPS) is 25.9. The summed E-state index contributed by atoms with van der Waals surface area (Å²) in [5.74, 6) is 0.899. The van der Waals surface area contributed by atoms with Gasteiger partial charge < -0.3 is 10.1 Å². The van der Waals surface area contributed by atoms with Crippen molar-refractivity contribution in [3.05, 3.63) is 38.3 Å². The Morgan fingerprint density at radius 3 is 2.92 bits per heavy atom. The summed E-state index contributed by atoms with van der Waals surface area (Å²) >= 11 is 3.10. The lowest BCUT2D eigenvalue weighted by molar-refractivity contribution is -0.113. The van der Waals surface area contributed by atoms with Crippen LogP contribution in [0, 0.1) is 0 Å². The van der Waals surface area contributed by atoms with Crippen LogP contribution in [0.3, 0.4) is 0 Å². The maximum atomic E-state index is 12.8. The Kier molecular flexibility index (Phi) is 4.29. The van der Waals surface area contributed by atoms with Crippen molar-refractivity contribution in [2.24, 2.45) is 0 Å². The van der Waals surface area contributed by atoms with Crippen molar-refractivity contribution in [2.45, 2.75) is 43.6 Å². The monoisotopic (exact) mass is 379 g/mol. The minimum absolute atomic E-state index is 0.0666. The van der Waals surface area contributed by atoms with Crippen LogP contribution in [0.1, 0.15) is 49.1 Å². The van der Waals surface area contributed by atoms with Gasteiger partial charge in [0.25, 0.3) is 5.56 Å². The van der Waals surface area contributed by atoms with E-state index < -0.39 is 0 Å². The molecule has 6 nitrogen and oxygen atoms in total. The molecule has 2 aromatic heterocycles. The number of thioether (sulfide) groups is 1. The molecule has 4 heterocycles. The van der Waals surface area contributed by atoms with Crippen LogP contribution in [0.2, 0.25) is 0 Å². The Bertz CT molecular complexity index is 838. The van der Waals surface area contributed by atoms with Crippen molar-refractivity contribution in [1.82, 2.24) is 9.78 Å². The zero-order valence-electron chi connectivity index (χ0n) is 14.2. The van der Waals surface area contributed by atoms with E-state index in [9.17, 15) is 9.59 Å². The van der Waals surface area contributed by atoms with Crippen LogP contribution in [0.15, 0.2) is 21.6 Å². The van der Waals surface area contributed by atoms with Gasteiger partial charge in [-0.25, -0.2) is 0 Å². The Hall–Kier alpha value is -1.51. The molecular formula is C17H21N3O3S2. The Balaban J connectivity index is 1.80. The number of rotatable bonds is 2. The second-order valence-corrected chi connectivity index (χ2v) is 9.00. The van der Waals surface area contributed by atoms with Crippen LogP contribution >= 0.6 is 23.1 Å². The zero-order chi connectivity index (χ0) is 17.6. The molecule has 1 amide bonds. The standard InChI is InChI=1S/C17H21N3O3S2/c1-17(2)7-11(3-5-23-17)20-15-13(16(22)19-20)14(10-4-6-24-8-10)25-9-12(21)18-15/h4,6,8,11,14H,3,5,7,9H2,1-2H3,(H,18,21)(H,19,22)/t11-,14+/m0/s1. The number of H-pyrrole nitrogens is 1. The molecule has 25 heavy (non-hydrogen) atoms. The van der Waals surface area contributed by atoms with E-state index in [-0.39, 0.29) is 28.4 Å². The predicted octanol–water partition coefficient (Wildman–Crippen LogP) is 3.14. The molecule has 8 heteroatoms. The topological polar surface area (TPSA) is 76.1 Å². The summed E-state index contributed by atoms with van der Waals surface area (Å²) in [7, 11) is 0. The number of hydrogen-bond donors (Lipinski definition) is 2. The number of aromatic amines is 1. The zero-order valence-corrected chi connectivity index (χ0v) is 15.8. The molecule has 1 saturated heterocycles. The molecule has 0 saturated carbocycles. The smallest absolute Gasteiger partial charge is 0.270 e. The average molecular weight is 380 g/mol. The summed E-state index contributed by atoms with van der Waals surface area (Å²) in [6, 6.07) is 2.13. The first-order valence-corrected chi connectivity index (χ1v) is 10.4. The molecule has 2 aliphatic heterocycles. The molecule has 2 atom stereocenters. The summed E-state index contributed by atoms with van der Waals surface area (Å²) < 4.78 is 7.66. The van der Waals surface area contributed by atoms with Gasteiger partial charge in [0.2, 0.25) is 5.91 Å². The molecule has 2 aliphatic rings. The molecule has 134 valence electrons. The number of fused-ring (bicyclic) bond motifs is 1. The molecule has 1 fully saturated rings. The highest BCUT2D eigenvalue weighted by Crippen LogP contribution is 2.42. The number of hydrogen-bond acceptors (Lipinski definition) is 5.